The fourth-order valence-electron chi connectivity index (χ4n) is 7.53. The van der Waals surface area contributed by atoms with Crippen LogP contribution >= 0.6 is 0 Å². The molecule has 5 aliphatic rings. The van der Waals surface area contributed by atoms with Crippen LogP contribution in [0.2, 0.25) is 0 Å². The van der Waals surface area contributed by atoms with Gasteiger partial charge in [0.2, 0.25) is 0 Å². The van der Waals surface area contributed by atoms with Gasteiger partial charge in [0, 0.05) is 11.8 Å². The highest BCUT2D eigenvalue weighted by Crippen LogP contribution is 2.68. The molecule has 3 heteroatoms. The molecule has 6 atom stereocenters. The molecule has 0 bridgehead atoms. The third kappa shape index (κ3) is 1.84. The van der Waals surface area contributed by atoms with E-state index in [1.807, 2.05) is 0 Å². The van der Waals surface area contributed by atoms with E-state index in [0.717, 1.165) is 50.2 Å². The van der Waals surface area contributed by atoms with E-state index in [-0.39, 0.29) is 17.3 Å². The van der Waals surface area contributed by atoms with Gasteiger partial charge in [0.15, 0.2) is 5.79 Å². The summed E-state index contributed by atoms with van der Waals surface area (Å²) < 4.78 is 12.5. The summed E-state index contributed by atoms with van der Waals surface area (Å²) in [5, 5.41) is 10.1. The zero-order valence-corrected chi connectivity index (χ0v) is 15.2. The van der Waals surface area contributed by atoms with E-state index in [4.69, 9.17) is 9.47 Å². The van der Waals surface area contributed by atoms with Crippen LogP contribution in [0.4, 0.5) is 0 Å². The van der Waals surface area contributed by atoms with Gasteiger partial charge in [-0.3, -0.25) is 0 Å². The zero-order valence-electron chi connectivity index (χ0n) is 15.2. The molecule has 0 aromatic carbocycles. The topological polar surface area (TPSA) is 38.7 Å². The Kier molecular flexibility index (Phi) is 3.35. The summed E-state index contributed by atoms with van der Waals surface area (Å²) in [6.07, 6.45) is 11.6. The lowest BCUT2D eigenvalue weighted by Gasteiger charge is -2.58. The van der Waals surface area contributed by atoms with E-state index >= 15 is 0 Å². The van der Waals surface area contributed by atoms with E-state index in [1.165, 1.54) is 32.1 Å². The molecule has 1 unspecified atom stereocenters. The smallest absolute Gasteiger partial charge is 0.174 e. The lowest BCUT2D eigenvalue weighted by Crippen LogP contribution is -2.55. The summed E-state index contributed by atoms with van der Waals surface area (Å²) in [7, 11) is 0. The Morgan fingerprint density at radius 1 is 1.00 bits per heavy atom. The second kappa shape index (κ2) is 5.08. The largest absolute Gasteiger partial charge is 0.393 e. The van der Waals surface area contributed by atoms with E-state index < -0.39 is 0 Å². The number of rotatable bonds is 0. The van der Waals surface area contributed by atoms with Crippen LogP contribution in [0.25, 0.3) is 0 Å². The number of fused-ring (bicyclic) bond motifs is 6. The molecule has 1 aliphatic heterocycles. The van der Waals surface area contributed by atoms with Gasteiger partial charge in [-0.15, -0.1) is 0 Å². The molecular formula is C21H32O3. The van der Waals surface area contributed by atoms with Crippen molar-refractivity contribution < 1.29 is 14.6 Å². The van der Waals surface area contributed by atoms with Crippen molar-refractivity contribution in [2.75, 3.05) is 13.2 Å². The second-order valence-corrected chi connectivity index (χ2v) is 9.60. The molecule has 134 valence electrons. The fraction of sp³-hybridized carbons (Fsp3) is 0.905. The molecule has 5 rings (SSSR count). The van der Waals surface area contributed by atoms with Crippen molar-refractivity contribution in [3.63, 3.8) is 0 Å². The summed E-state index contributed by atoms with van der Waals surface area (Å²) in [6, 6.07) is 0. The summed E-state index contributed by atoms with van der Waals surface area (Å²) in [4.78, 5) is 0. The minimum absolute atomic E-state index is 0.107. The van der Waals surface area contributed by atoms with Crippen molar-refractivity contribution >= 4 is 0 Å². The van der Waals surface area contributed by atoms with Crippen molar-refractivity contribution in [2.45, 2.75) is 77.1 Å². The van der Waals surface area contributed by atoms with Gasteiger partial charge < -0.3 is 14.6 Å². The number of allylic oxidation sites excluding steroid dienone is 1. The number of hydrogen-bond acceptors (Lipinski definition) is 3. The summed E-state index contributed by atoms with van der Waals surface area (Å²) in [6.45, 7) is 6.50. The van der Waals surface area contributed by atoms with Crippen molar-refractivity contribution in [2.24, 2.45) is 28.6 Å². The van der Waals surface area contributed by atoms with Crippen LogP contribution in [-0.4, -0.2) is 30.2 Å². The highest BCUT2D eigenvalue weighted by molar-refractivity contribution is 5.26. The molecule has 1 heterocycles. The SMILES string of the molecule is C[C@]12CCC(O)CC1=CC[C@@H]1[C@@H]2CC[C@@]2(C)[C@H]1CCC21OCCO1. The molecule has 0 amide bonds. The first-order valence-corrected chi connectivity index (χ1v) is 10.1. The number of aliphatic hydroxyl groups is 1. The molecule has 24 heavy (non-hydrogen) atoms. The summed E-state index contributed by atoms with van der Waals surface area (Å²) in [5.41, 5.74) is 2.09. The minimum atomic E-state index is -0.281. The monoisotopic (exact) mass is 332 g/mol. The third-order valence-corrected chi connectivity index (χ3v) is 8.88. The molecule has 0 aromatic heterocycles. The van der Waals surface area contributed by atoms with Gasteiger partial charge >= 0.3 is 0 Å². The fourth-order valence-corrected chi connectivity index (χ4v) is 7.53. The molecule has 0 radical (unpaired) electrons. The highest BCUT2D eigenvalue weighted by atomic mass is 16.7. The van der Waals surface area contributed by atoms with E-state index in [1.54, 1.807) is 5.57 Å². The van der Waals surface area contributed by atoms with Gasteiger partial charge in [0.25, 0.3) is 0 Å². The molecule has 4 aliphatic carbocycles. The van der Waals surface area contributed by atoms with Gasteiger partial charge in [-0.1, -0.05) is 25.5 Å². The third-order valence-electron chi connectivity index (χ3n) is 8.88. The Morgan fingerprint density at radius 3 is 2.54 bits per heavy atom. The Morgan fingerprint density at radius 2 is 1.75 bits per heavy atom. The Labute approximate surface area is 145 Å². The average molecular weight is 332 g/mol. The molecular weight excluding hydrogens is 300 g/mol. The lowest BCUT2D eigenvalue weighted by molar-refractivity contribution is -0.242. The van der Waals surface area contributed by atoms with Crippen molar-refractivity contribution in [3.8, 4) is 0 Å². The molecule has 3 saturated carbocycles. The Bertz CT molecular complexity index is 563. The van der Waals surface area contributed by atoms with E-state index in [9.17, 15) is 5.11 Å². The van der Waals surface area contributed by atoms with Crippen LogP contribution in [0.3, 0.4) is 0 Å². The Hall–Kier alpha value is -0.380. The molecule has 1 spiro atoms. The van der Waals surface area contributed by atoms with Gasteiger partial charge in [0.05, 0.1) is 19.3 Å². The van der Waals surface area contributed by atoms with Crippen molar-refractivity contribution in [3.05, 3.63) is 11.6 Å². The normalized spacial score (nSPS) is 52.5. The number of ether oxygens (including phenoxy) is 2. The minimum Gasteiger partial charge on any atom is -0.393 e. The van der Waals surface area contributed by atoms with E-state index in [2.05, 4.69) is 19.9 Å². The standard InChI is InChI=1S/C21H32O3/c1-19-8-5-15(22)13-14(19)3-4-16-17(19)6-9-20(2)18(16)7-10-21(20)23-11-12-24-21/h3,15-18,22H,4-13H2,1-2H3/t15?,16-,17+,18+,19+,20+/m1/s1. The van der Waals surface area contributed by atoms with Crippen molar-refractivity contribution in [1.29, 1.82) is 0 Å². The van der Waals surface area contributed by atoms with Gasteiger partial charge in [-0.2, -0.15) is 0 Å². The summed E-state index contributed by atoms with van der Waals surface area (Å²) in [5.74, 6) is 2.02. The molecule has 4 fully saturated rings. The van der Waals surface area contributed by atoms with Crippen LogP contribution in [-0.2, 0) is 9.47 Å². The maximum Gasteiger partial charge on any atom is 0.174 e. The number of hydrogen-bond donors (Lipinski definition) is 1. The number of aliphatic hydroxyl groups excluding tert-OH is 1. The first-order chi connectivity index (χ1) is 11.5. The van der Waals surface area contributed by atoms with Crippen molar-refractivity contribution in [1.82, 2.24) is 0 Å². The van der Waals surface area contributed by atoms with Gasteiger partial charge in [0.1, 0.15) is 0 Å². The summed E-state index contributed by atoms with van der Waals surface area (Å²) >= 11 is 0. The quantitative estimate of drug-likeness (QED) is 0.680. The van der Waals surface area contributed by atoms with Crippen LogP contribution in [0.5, 0.6) is 0 Å². The maximum absolute atomic E-state index is 10.1. The first-order valence-electron chi connectivity index (χ1n) is 10.1. The highest BCUT2D eigenvalue weighted by Gasteiger charge is 2.66. The van der Waals surface area contributed by atoms with Gasteiger partial charge in [-0.25, -0.2) is 0 Å². The first kappa shape index (κ1) is 15.8. The van der Waals surface area contributed by atoms with Gasteiger partial charge in [-0.05, 0) is 68.1 Å². The predicted molar refractivity (Wildman–Crippen MR) is 92.3 cm³/mol. The molecule has 0 aromatic rings. The molecule has 3 nitrogen and oxygen atoms in total. The second-order valence-electron chi connectivity index (χ2n) is 9.60. The zero-order chi connectivity index (χ0) is 16.6. The average Bonchev–Trinajstić information content (AvgIpc) is 3.15. The lowest BCUT2D eigenvalue weighted by atomic mass is 9.47. The Balaban J connectivity index is 1.49. The molecule has 1 N–H and O–H groups in total. The van der Waals surface area contributed by atoms with Crippen LogP contribution < -0.4 is 0 Å². The van der Waals surface area contributed by atoms with Crippen LogP contribution in [0, 0.1) is 28.6 Å². The predicted octanol–water partition coefficient (Wildman–Crippen LogP) is 4.05. The molecule has 1 saturated heterocycles. The van der Waals surface area contributed by atoms with E-state index in [0.29, 0.717) is 5.41 Å². The maximum atomic E-state index is 10.1. The van der Waals surface area contributed by atoms with Crippen LogP contribution in [0.1, 0.15) is 65.2 Å². The van der Waals surface area contributed by atoms with Crippen LogP contribution in [0.15, 0.2) is 11.6 Å².